The number of ketones is 1. The summed E-state index contributed by atoms with van der Waals surface area (Å²) in [5.74, 6) is 0.0464. The van der Waals surface area contributed by atoms with Gasteiger partial charge in [-0.05, 0) is 35.0 Å². The summed E-state index contributed by atoms with van der Waals surface area (Å²) < 4.78 is 0. The Kier molecular flexibility index (Phi) is 3.10. The average molecular weight is 264 g/mol. The molecule has 0 saturated carbocycles. The highest BCUT2D eigenvalue weighted by atomic mass is 32.1. The maximum absolute atomic E-state index is 12.5. The molecular weight excluding hydrogens is 252 g/mol. The average Bonchev–Trinajstić information content (AvgIpc) is 2.47. The lowest BCUT2D eigenvalue weighted by atomic mass is 9.97. The Morgan fingerprint density at radius 1 is 0.789 bits per heavy atom. The van der Waals surface area contributed by atoms with E-state index >= 15 is 0 Å². The van der Waals surface area contributed by atoms with Gasteiger partial charge in [-0.2, -0.15) is 0 Å². The van der Waals surface area contributed by atoms with Crippen molar-refractivity contribution >= 4 is 29.2 Å². The summed E-state index contributed by atoms with van der Waals surface area (Å²) in [7, 11) is 0. The quantitative estimate of drug-likeness (QED) is 0.537. The molecule has 0 aliphatic rings. The van der Waals surface area contributed by atoms with Gasteiger partial charge >= 0.3 is 0 Å². The molecule has 0 bridgehead atoms. The standard InChI is InChI=1S/C17H12OS/c18-17(13-8-10-14(19)11-9-13)16-7-3-5-12-4-1-2-6-15(12)16/h1-11,19H. The topological polar surface area (TPSA) is 17.1 Å². The molecule has 0 aromatic heterocycles. The molecule has 3 aromatic rings. The molecule has 0 spiro atoms. The summed E-state index contributed by atoms with van der Waals surface area (Å²) in [6, 6.07) is 21.0. The van der Waals surface area contributed by atoms with Crippen LogP contribution in [0.1, 0.15) is 15.9 Å². The molecule has 0 aliphatic heterocycles. The van der Waals surface area contributed by atoms with Gasteiger partial charge in [0.05, 0.1) is 0 Å². The SMILES string of the molecule is O=C(c1ccc(S)cc1)c1cccc2ccccc12. The minimum atomic E-state index is 0.0464. The number of benzene rings is 3. The summed E-state index contributed by atoms with van der Waals surface area (Å²) in [5.41, 5.74) is 1.43. The summed E-state index contributed by atoms with van der Waals surface area (Å²) in [6.45, 7) is 0. The zero-order valence-electron chi connectivity index (χ0n) is 10.2. The minimum Gasteiger partial charge on any atom is -0.289 e. The van der Waals surface area contributed by atoms with Crippen LogP contribution in [0, 0.1) is 0 Å². The zero-order chi connectivity index (χ0) is 13.2. The third kappa shape index (κ3) is 2.27. The van der Waals surface area contributed by atoms with Crippen molar-refractivity contribution in [3.05, 3.63) is 77.9 Å². The van der Waals surface area contributed by atoms with Crippen LogP contribution >= 0.6 is 12.6 Å². The predicted molar refractivity (Wildman–Crippen MR) is 81.1 cm³/mol. The molecule has 3 rings (SSSR count). The predicted octanol–water partition coefficient (Wildman–Crippen LogP) is 4.36. The maximum Gasteiger partial charge on any atom is 0.193 e. The molecule has 0 heterocycles. The zero-order valence-corrected chi connectivity index (χ0v) is 11.1. The molecule has 0 unspecified atom stereocenters. The van der Waals surface area contributed by atoms with E-state index in [2.05, 4.69) is 12.6 Å². The highest BCUT2D eigenvalue weighted by Gasteiger charge is 2.11. The molecule has 0 amide bonds. The van der Waals surface area contributed by atoms with Crippen LogP contribution < -0.4 is 0 Å². The summed E-state index contributed by atoms with van der Waals surface area (Å²) in [4.78, 5) is 13.4. The van der Waals surface area contributed by atoms with Crippen molar-refractivity contribution in [2.24, 2.45) is 0 Å². The van der Waals surface area contributed by atoms with Gasteiger partial charge in [0, 0.05) is 16.0 Å². The van der Waals surface area contributed by atoms with Gasteiger partial charge in [0.15, 0.2) is 5.78 Å². The second-order valence-electron chi connectivity index (χ2n) is 4.40. The van der Waals surface area contributed by atoms with Crippen LogP contribution in [0.2, 0.25) is 0 Å². The highest BCUT2D eigenvalue weighted by molar-refractivity contribution is 7.80. The van der Waals surface area contributed by atoms with Gasteiger partial charge in [-0.25, -0.2) is 0 Å². The molecule has 0 atom stereocenters. The summed E-state index contributed by atoms with van der Waals surface area (Å²) >= 11 is 4.24. The lowest BCUT2D eigenvalue weighted by Crippen LogP contribution is -2.01. The Morgan fingerprint density at radius 3 is 2.26 bits per heavy atom. The van der Waals surface area contributed by atoms with Gasteiger partial charge in [-0.15, -0.1) is 12.6 Å². The van der Waals surface area contributed by atoms with Crippen molar-refractivity contribution in [2.75, 3.05) is 0 Å². The normalized spacial score (nSPS) is 10.6. The maximum atomic E-state index is 12.5. The first-order valence-corrected chi connectivity index (χ1v) is 6.52. The fourth-order valence-corrected chi connectivity index (χ4v) is 2.34. The van der Waals surface area contributed by atoms with Crippen molar-refractivity contribution < 1.29 is 4.79 Å². The van der Waals surface area contributed by atoms with Crippen molar-refractivity contribution in [1.29, 1.82) is 0 Å². The van der Waals surface area contributed by atoms with Gasteiger partial charge in [0.2, 0.25) is 0 Å². The van der Waals surface area contributed by atoms with E-state index in [1.165, 1.54) is 0 Å². The number of carbonyl (C=O) groups is 1. The van der Waals surface area contributed by atoms with E-state index in [1.54, 1.807) is 0 Å². The van der Waals surface area contributed by atoms with Crippen molar-refractivity contribution in [3.63, 3.8) is 0 Å². The van der Waals surface area contributed by atoms with Crippen molar-refractivity contribution in [1.82, 2.24) is 0 Å². The fraction of sp³-hybridized carbons (Fsp3) is 0. The Labute approximate surface area is 117 Å². The molecular formula is C17H12OS. The number of hydrogen-bond acceptors (Lipinski definition) is 2. The van der Waals surface area contributed by atoms with Crippen LogP contribution in [-0.2, 0) is 0 Å². The van der Waals surface area contributed by atoms with Gasteiger partial charge < -0.3 is 0 Å². The fourth-order valence-electron chi connectivity index (χ4n) is 2.19. The van der Waals surface area contributed by atoms with Gasteiger partial charge in [0.1, 0.15) is 0 Å². The number of rotatable bonds is 2. The molecule has 0 radical (unpaired) electrons. The van der Waals surface area contributed by atoms with Crippen molar-refractivity contribution in [2.45, 2.75) is 4.90 Å². The Balaban J connectivity index is 2.14. The molecule has 1 nitrogen and oxygen atoms in total. The van der Waals surface area contributed by atoms with Gasteiger partial charge in [0.25, 0.3) is 0 Å². The minimum absolute atomic E-state index is 0.0464. The summed E-state index contributed by atoms with van der Waals surface area (Å²) in [5, 5.41) is 2.07. The van der Waals surface area contributed by atoms with E-state index in [0.29, 0.717) is 5.56 Å². The molecule has 0 aliphatic carbocycles. The van der Waals surface area contributed by atoms with E-state index in [-0.39, 0.29) is 5.78 Å². The number of fused-ring (bicyclic) bond motifs is 1. The number of thiol groups is 1. The van der Waals surface area contributed by atoms with Crippen LogP contribution in [-0.4, -0.2) is 5.78 Å². The van der Waals surface area contributed by atoms with E-state index in [1.807, 2.05) is 66.7 Å². The first-order valence-electron chi connectivity index (χ1n) is 6.07. The van der Waals surface area contributed by atoms with E-state index < -0.39 is 0 Å². The highest BCUT2D eigenvalue weighted by Crippen LogP contribution is 2.21. The van der Waals surface area contributed by atoms with E-state index in [4.69, 9.17) is 0 Å². The molecule has 19 heavy (non-hydrogen) atoms. The van der Waals surface area contributed by atoms with Crippen LogP contribution in [0.4, 0.5) is 0 Å². The van der Waals surface area contributed by atoms with Crippen LogP contribution in [0.3, 0.4) is 0 Å². The lowest BCUT2D eigenvalue weighted by Gasteiger charge is -2.06. The first kappa shape index (κ1) is 12.0. The summed E-state index contributed by atoms with van der Waals surface area (Å²) in [6.07, 6.45) is 0. The van der Waals surface area contributed by atoms with Crippen molar-refractivity contribution in [3.8, 4) is 0 Å². The van der Waals surface area contributed by atoms with Crippen LogP contribution in [0.15, 0.2) is 71.6 Å². The molecule has 0 saturated heterocycles. The van der Waals surface area contributed by atoms with Gasteiger partial charge in [-0.1, -0.05) is 42.5 Å². The molecule has 3 aromatic carbocycles. The largest absolute Gasteiger partial charge is 0.289 e. The van der Waals surface area contributed by atoms with E-state index in [0.717, 1.165) is 21.2 Å². The Hall–Kier alpha value is -2.06. The van der Waals surface area contributed by atoms with Gasteiger partial charge in [-0.3, -0.25) is 4.79 Å². The number of hydrogen-bond donors (Lipinski definition) is 1. The Morgan fingerprint density at radius 2 is 1.47 bits per heavy atom. The second kappa shape index (κ2) is 4.90. The van der Waals surface area contributed by atoms with Crippen LogP contribution in [0.5, 0.6) is 0 Å². The molecule has 2 heteroatoms. The lowest BCUT2D eigenvalue weighted by molar-refractivity contribution is 0.104. The molecule has 0 fully saturated rings. The Bertz CT molecular complexity index is 739. The first-order chi connectivity index (χ1) is 9.25. The second-order valence-corrected chi connectivity index (χ2v) is 4.92. The smallest absolute Gasteiger partial charge is 0.193 e. The third-order valence-electron chi connectivity index (χ3n) is 3.16. The molecule has 0 N–H and O–H groups in total. The van der Waals surface area contributed by atoms with Crippen LogP contribution in [0.25, 0.3) is 10.8 Å². The van der Waals surface area contributed by atoms with E-state index in [9.17, 15) is 4.79 Å². The molecule has 92 valence electrons. The number of carbonyl (C=O) groups excluding carboxylic acids is 1. The third-order valence-corrected chi connectivity index (χ3v) is 3.46. The monoisotopic (exact) mass is 264 g/mol.